The molecular weight excluding hydrogens is 272 g/mol. The fourth-order valence-corrected chi connectivity index (χ4v) is 2.95. The van der Waals surface area contributed by atoms with Crippen LogP contribution in [0.25, 0.3) is 0 Å². The van der Waals surface area contributed by atoms with Crippen LogP contribution in [0.15, 0.2) is 42.5 Å². The molecule has 0 bridgehead atoms. The Labute approximate surface area is 121 Å². The summed E-state index contributed by atoms with van der Waals surface area (Å²) in [4.78, 5) is 24.5. The van der Waals surface area contributed by atoms with Gasteiger partial charge in [-0.1, -0.05) is 30.3 Å². The summed E-state index contributed by atoms with van der Waals surface area (Å²) in [6.07, 6.45) is 2.56. The molecule has 104 valence electrons. The van der Waals surface area contributed by atoms with Gasteiger partial charge in [-0.05, 0) is 31.4 Å². The van der Waals surface area contributed by atoms with E-state index < -0.39 is 5.97 Å². The van der Waals surface area contributed by atoms with Crippen LogP contribution in [0.5, 0.6) is 0 Å². The lowest BCUT2D eigenvalue weighted by atomic mass is 10.1. The van der Waals surface area contributed by atoms with Gasteiger partial charge in [0, 0.05) is 16.9 Å². The van der Waals surface area contributed by atoms with Crippen LogP contribution in [0.4, 0.5) is 0 Å². The lowest BCUT2D eigenvalue weighted by molar-refractivity contribution is -0.137. The molecule has 0 aliphatic heterocycles. The third-order valence-corrected chi connectivity index (χ3v) is 4.13. The Morgan fingerprint density at radius 3 is 2.45 bits per heavy atom. The zero-order valence-corrected chi connectivity index (χ0v) is 11.9. The second-order valence-electron chi connectivity index (χ2n) is 4.56. The highest BCUT2D eigenvalue weighted by Gasteiger charge is 2.11. The van der Waals surface area contributed by atoms with Gasteiger partial charge in [0.05, 0.1) is 4.88 Å². The van der Waals surface area contributed by atoms with Gasteiger partial charge in [-0.2, -0.15) is 0 Å². The van der Waals surface area contributed by atoms with E-state index in [1.165, 1.54) is 11.3 Å². The summed E-state index contributed by atoms with van der Waals surface area (Å²) in [5.74, 6) is -0.705. The minimum atomic E-state index is -0.754. The predicted molar refractivity (Wildman–Crippen MR) is 79.4 cm³/mol. The summed E-state index contributed by atoms with van der Waals surface area (Å²) in [6.45, 7) is 0. The molecule has 0 aliphatic carbocycles. The van der Waals surface area contributed by atoms with Crippen LogP contribution in [0.2, 0.25) is 0 Å². The van der Waals surface area contributed by atoms with Crippen LogP contribution < -0.4 is 0 Å². The van der Waals surface area contributed by atoms with E-state index >= 15 is 0 Å². The van der Waals surface area contributed by atoms with E-state index in [2.05, 4.69) is 0 Å². The van der Waals surface area contributed by atoms with Crippen LogP contribution in [0.1, 0.15) is 39.4 Å². The summed E-state index contributed by atoms with van der Waals surface area (Å²) < 4.78 is 0. The number of hydrogen-bond donors (Lipinski definition) is 1. The highest BCUT2D eigenvalue weighted by Crippen LogP contribution is 2.21. The Bertz CT molecular complexity index is 587. The Balaban J connectivity index is 1.92. The van der Waals surface area contributed by atoms with Crippen LogP contribution >= 0.6 is 11.3 Å². The maximum absolute atomic E-state index is 12.2. The summed E-state index contributed by atoms with van der Waals surface area (Å²) in [5, 5.41) is 8.57. The summed E-state index contributed by atoms with van der Waals surface area (Å²) >= 11 is 1.50. The molecule has 1 aromatic carbocycles. The fraction of sp³-hybridized carbons (Fsp3) is 0.250. The molecule has 0 atom stereocenters. The molecular formula is C16H16O3S. The summed E-state index contributed by atoms with van der Waals surface area (Å²) in [6, 6.07) is 13.0. The van der Waals surface area contributed by atoms with Crippen molar-refractivity contribution >= 4 is 23.1 Å². The molecule has 0 spiro atoms. The average Bonchev–Trinajstić information content (AvgIpc) is 2.92. The van der Waals surface area contributed by atoms with Crippen molar-refractivity contribution in [3.63, 3.8) is 0 Å². The zero-order chi connectivity index (χ0) is 14.4. The van der Waals surface area contributed by atoms with E-state index in [9.17, 15) is 9.59 Å². The number of hydrogen-bond acceptors (Lipinski definition) is 3. The quantitative estimate of drug-likeness (QED) is 0.623. The third-order valence-electron chi connectivity index (χ3n) is 2.99. The molecule has 0 saturated heterocycles. The van der Waals surface area contributed by atoms with E-state index in [0.717, 1.165) is 22.6 Å². The number of ketones is 1. The minimum absolute atomic E-state index is 0.0485. The maximum Gasteiger partial charge on any atom is 0.303 e. The lowest BCUT2D eigenvalue weighted by Crippen LogP contribution is -1.97. The molecule has 0 unspecified atom stereocenters. The van der Waals surface area contributed by atoms with Gasteiger partial charge in [0.25, 0.3) is 0 Å². The van der Waals surface area contributed by atoms with Crippen LogP contribution in [-0.4, -0.2) is 16.9 Å². The van der Waals surface area contributed by atoms with Gasteiger partial charge in [0.2, 0.25) is 5.78 Å². The van der Waals surface area contributed by atoms with Crippen molar-refractivity contribution < 1.29 is 14.7 Å². The molecule has 0 fully saturated rings. The van der Waals surface area contributed by atoms with E-state index in [1.807, 2.05) is 42.5 Å². The predicted octanol–water partition coefficient (Wildman–Crippen LogP) is 3.78. The van der Waals surface area contributed by atoms with Crippen molar-refractivity contribution in [1.29, 1.82) is 0 Å². The number of aryl methyl sites for hydroxylation is 1. The van der Waals surface area contributed by atoms with Crippen molar-refractivity contribution in [2.24, 2.45) is 0 Å². The SMILES string of the molecule is O=C(O)CCCCc1ccc(C(=O)c2ccccc2)s1. The molecule has 20 heavy (non-hydrogen) atoms. The van der Waals surface area contributed by atoms with Crippen LogP contribution in [0, 0.1) is 0 Å². The first-order valence-electron chi connectivity index (χ1n) is 6.57. The first-order valence-corrected chi connectivity index (χ1v) is 7.39. The Morgan fingerprint density at radius 1 is 1.00 bits per heavy atom. The molecule has 0 aliphatic rings. The van der Waals surface area contributed by atoms with Crippen LogP contribution in [-0.2, 0) is 11.2 Å². The second kappa shape index (κ2) is 7.01. The number of aliphatic carboxylic acids is 1. The number of thiophene rings is 1. The van der Waals surface area contributed by atoms with Gasteiger partial charge in [-0.3, -0.25) is 9.59 Å². The molecule has 0 saturated carbocycles. The second-order valence-corrected chi connectivity index (χ2v) is 5.73. The Morgan fingerprint density at radius 2 is 1.75 bits per heavy atom. The molecule has 0 radical (unpaired) electrons. The lowest BCUT2D eigenvalue weighted by Gasteiger charge is -1.97. The number of carbonyl (C=O) groups is 2. The molecule has 3 nitrogen and oxygen atoms in total. The fourth-order valence-electron chi connectivity index (χ4n) is 1.94. The van der Waals surface area contributed by atoms with Gasteiger partial charge in [-0.25, -0.2) is 0 Å². The monoisotopic (exact) mass is 288 g/mol. The Hall–Kier alpha value is -1.94. The van der Waals surface area contributed by atoms with Gasteiger partial charge >= 0.3 is 5.97 Å². The van der Waals surface area contributed by atoms with Gasteiger partial charge < -0.3 is 5.11 Å². The average molecular weight is 288 g/mol. The maximum atomic E-state index is 12.2. The molecule has 2 rings (SSSR count). The van der Waals surface area contributed by atoms with E-state index in [-0.39, 0.29) is 12.2 Å². The Kier molecular flexibility index (Phi) is 5.07. The van der Waals surface area contributed by atoms with E-state index in [0.29, 0.717) is 12.0 Å². The van der Waals surface area contributed by atoms with Crippen molar-refractivity contribution in [2.45, 2.75) is 25.7 Å². The topological polar surface area (TPSA) is 54.4 Å². The number of carbonyl (C=O) groups excluding carboxylic acids is 1. The van der Waals surface area contributed by atoms with E-state index in [1.54, 1.807) is 0 Å². The molecule has 4 heteroatoms. The van der Waals surface area contributed by atoms with Crippen molar-refractivity contribution in [3.05, 3.63) is 57.8 Å². The molecule has 0 amide bonds. The molecule has 1 aromatic heterocycles. The number of rotatable bonds is 7. The highest BCUT2D eigenvalue weighted by molar-refractivity contribution is 7.14. The third kappa shape index (κ3) is 4.03. The first kappa shape index (κ1) is 14.5. The number of benzene rings is 1. The van der Waals surface area contributed by atoms with Gasteiger partial charge in [-0.15, -0.1) is 11.3 Å². The largest absolute Gasteiger partial charge is 0.481 e. The number of unbranched alkanes of at least 4 members (excludes halogenated alkanes) is 1. The van der Waals surface area contributed by atoms with E-state index in [4.69, 9.17) is 5.11 Å². The van der Waals surface area contributed by atoms with Crippen molar-refractivity contribution in [2.75, 3.05) is 0 Å². The van der Waals surface area contributed by atoms with Crippen molar-refractivity contribution in [3.8, 4) is 0 Å². The standard InChI is InChI=1S/C16H16O3S/c17-15(18)9-5-4-8-13-10-11-14(20-13)16(19)12-6-2-1-3-7-12/h1-3,6-7,10-11H,4-5,8-9H2,(H,17,18). The summed E-state index contributed by atoms with van der Waals surface area (Å²) in [7, 11) is 0. The van der Waals surface area contributed by atoms with Crippen molar-refractivity contribution in [1.82, 2.24) is 0 Å². The highest BCUT2D eigenvalue weighted by atomic mass is 32.1. The number of carboxylic acids is 1. The van der Waals surface area contributed by atoms with Crippen LogP contribution in [0.3, 0.4) is 0 Å². The molecule has 1 N–H and O–H groups in total. The number of carboxylic acid groups (broad SMARTS) is 1. The normalized spacial score (nSPS) is 10.4. The first-order chi connectivity index (χ1) is 9.66. The smallest absolute Gasteiger partial charge is 0.303 e. The molecule has 2 aromatic rings. The van der Waals surface area contributed by atoms with Gasteiger partial charge in [0.1, 0.15) is 0 Å². The summed E-state index contributed by atoms with van der Waals surface area (Å²) in [5.41, 5.74) is 0.701. The zero-order valence-electron chi connectivity index (χ0n) is 11.0. The minimum Gasteiger partial charge on any atom is -0.481 e. The van der Waals surface area contributed by atoms with Gasteiger partial charge in [0.15, 0.2) is 0 Å². The molecule has 1 heterocycles.